The maximum Gasteiger partial charge on any atom is 0.236 e. The summed E-state index contributed by atoms with van der Waals surface area (Å²) in [6.45, 7) is 5.96. The van der Waals surface area contributed by atoms with E-state index < -0.39 is 5.82 Å². The van der Waals surface area contributed by atoms with Crippen molar-refractivity contribution in [2.45, 2.75) is 44.7 Å². The molecule has 1 saturated carbocycles. The zero-order valence-electron chi connectivity index (χ0n) is 18.5. The van der Waals surface area contributed by atoms with E-state index in [1.807, 2.05) is 0 Å². The zero-order chi connectivity index (χ0) is 22.1. The number of carbonyl (C=O) groups is 1. The summed E-state index contributed by atoms with van der Waals surface area (Å²) in [7, 11) is 0. The first-order valence-electron chi connectivity index (χ1n) is 11.9. The van der Waals surface area contributed by atoms with Gasteiger partial charge >= 0.3 is 0 Å². The molecule has 6 heteroatoms. The lowest BCUT2D eigenvalue weighted by Gasteiger charge is -2.39. The number of fused-ring (bicyclic) bond motifs is 1. The Morgan fingerprint density at radius 2 is 1.66 bits per heavy atom. The molecule has 32 heavy (non-hydrogen) atoms. The lowest BCUT2D eigenvalue weighted by atomic mass is 9.94. The second kappa shape index (κ2) is 9.50. The largest absolute Gasteiger partial charge is 0.339 e. The van der Waals surface area contributed by atoms with Gasteiger partial charge in [-0.1, -0.05) is 48.7 Å². The molecule has 0 N–H and O–H groups in total. The van der Waals surface area contributed by atoms with Crippen LogP contribution < -0.4 is 0 Å². The molecular formula is C26H31ClFN3O. The molecule has 2 aromatic carbocycles. The molecule has 0 unspecified atom stereocenters. The number of rotatable bonds is 4. The molecule has 4 nitrogen and oxygen atoms in total. The highest BCUT2D eigenvalue weighted by Gasteiger charge is 2.29. The summed E-state index contributed by atoms with van der Waals surface area (Å²) in [4.78, 5) is 19.8. The van der Waals surface area contributed by atoms with Crippen molar-refractivity contribution in [3.05, 3.63) is 58.4 Å². The second-order valence-corrected chi connectivity index (χ2v) is 9.84. The predicted molar refractivity (Wildman–Crippen MR) is 126 cm³/mol. The van der Waals surface area contributed by atoms with Crippen LogP contribution in [0, 0.1) is 5.82 Å². The Hall–Kier alpha value is -1.95. The lowest BCUT2D eigenvalue weighted by Crippen LogP contribution is -2.53. The van der Waals surface area contributed by atoms with Crippen molar-refractivity contribution in [3.63, 3.8) is 0 Å². The third-order valence-corrected chi connectivity index (χ3v) is 7.71. The van der Waals surface area contributed by atoms with Gasteiger partial charge in [0.25, 0.3) is 0 Å². The topological polar surface area (TPSA) is 26.8 Å². The van der Waals surface area contributed by atoms with E-state index in [9.17, 15) is 9.18 Å². The van der Waals surface area contributed by atoms with Crippen LogP contribution in [0.2, 0.25) is 5.02 Å². The highest BCUT2D eigenvalue weighted by molar-refractivity contribution is 6.31. The number of halogens is 2. The Morgan fingerprint density at radius 1 is 0.938 bits per heavy atom. The summed E-state index contributed by atoms with van der Waals surface area (Å²) >= 11 is 5.96. The van der Waals surface area contributed by atoms with Crippen LogP contribution in [-0.4, -0.2) is 65.9 Å². The van der Waals surface area contributed by atoms with E-state index in [1.54, 1.807) is 12.1 Å². The van der Waals surface area contributed by atoms with Gasteiger partial charge in [-0.25, -0.2) is 4.39 Å². The van der Waals surface area contributed by atoms with Gasteiger partial charge in [-0.2, -0.15) is 0 Å². The average molecular weight is 456 g/mol. The van der Waals surface area contributed by atoms with Gasteiger partial charge < -0.3 is 4.90 Å². The molecule has 0 spiro atoms. The minimum Gasteiger partial charge on any atom is -0.339 e. The Kier molecular flexibility index (Phi) is 6.49. The fraction of sp³-hybridized carbons (Fsp3) is 0.500. The van der Waals surface area contributed by atoms with Gasteiger partial charge in [-0.15, -0.1) is 0 Å². The first-order chi connectivity index (χ1) is 15.6. The van der Waals surface area contributed by atoms with Crippen molar-refractivity contribution in [2.24, 2.45) is 0 Å². The molecule has 2 fully saturated rings. The maximum absolute atomic E-state index is 13.5. The first kappa shape index (κ1) is 21.9. The fourth-order valence-electron chi connectivity index (χ4n) is 5.50. The number of carbonyl (C=O) groups excluding carboxylic acids is 1. The van der Waals surface area contributed by atoms with E-state index in [1.165, 1.54) is 42.9 Å². The molecule has 0 bridgehead atoms. The van der Waals surface area contributed by atoms with Crippen LogP contribution in [0.5, 0.6) is 0 Å². The molecule has 1 aliphatic carbocycles. The Balaban J connectivity index is 1.17. The summed E-state index contributed by atoms with van der Waals surface area (Å²) in [6, 6.07) is 12.0. The lowest BCUT2D eigenvalue weighted by molar-refractivity contribution is -0.134. The van der Waals surface area contributed by atoms with E-state index in [0.717, 1.165) is 62.9 Å². The van der Waals surface area contributed by atoms with E-state index in [-0.39, 0.29) is 10.9 Å². The van der Waals surface area contributed by atoms with Gasteiger partial charge in [0, 0.05) is 45.3 Å². The molecular weight excluding hydrogens is 425 g/mol. The molecule has 0 atom stereocenters. The van der Waals surface area contributed by atoms with Crippen molar-refractivity contribution in [3.8, 4) is 11.1 Å². The highest BCUT2D eigenvalue weighted by atomic mass is 35.5. The molecule has 1 amide bonds. The van der Waals surface area contributed by atoms with Crippen LogP contribution in [0.4, 0.5) is 4.39 Å². The van der Waals surface area contributed by atoms with E-state index in [2.05, 4.69) is 32.9 Å². The minimum atomic E-state index is -0.395. The Labute approximate surface area is 194 Å². The van der Waals surface area contributed by atoms with Crippen molar-refractivity contribution >= 4 is 17.5 Å². The second-order valence-electron chi connectivity index (χ2n) is 9.43. The predicted octanol–water partition coefficient (Wildman–Crippen LogP) is 4.59. The minimum absolute atomic E-state index is 0.147. The van der Waals surface area contributed by atoms with Crippen molar-refractivity contribution < 1.29 is 9.18 Å². The van der Waals surface area contributed by atoms with Crippen molar-refractivity contribution in [1.82, 2.24) is 14.7 Å². The number of piperazine rings is 1. The van der Waals surface area contributed by atoms with Gasteiger partial charge in [0.1, 0.15) is 5.82 Å². The number of amides is 1. The maximum atomic E-state index is 13.5. The van der Waals surface area contributed by atoms with Crippen molar-refractivity contribution in [1.29, 1.82) is 0 Å². The number of hydrogen-bond acceptors (Lipinski definition) is 3. The molecule has 0 aromatic heterocycles. The van der Waals surface area contributed by atoms with Gasteiger partial charge in [-0.3, -0.25) is 14.6 Å². The van der Waals surface area contributed by atoms with Crippen LogP contribution in [0.3, 0.4) is 0 Å². The van der Waals surface area contributed by atoms with Crippen LogP contribution in [0.15, 0.2) is 36.4 Å². The third kappa shape index (κ3) is 4.70. The Morgan fingerprint density at radius 3 is 2.41 bits per heavy atom. The third-order valence-electron chi connectivity index (χ3n) is 7.42. The molecule has 2 aliphatic heterocycles. The number of hydrogen-bond donors (Lipinski definition) is 0. The molecule has 2 heterocycles. The smallest absolute Gasteiger partial charge is 0.236 e. The van der Waals surface area contributed by atoms with Gasteiger partial charge in [-0.05, 0) is 53.6 Å². The van der Waals surface area contributed by atoms with Crippen LogP contribution in [0.25, 0.3) is 11.1 Å². The average Bonchev–Trinajstić information content (AvgIpc) is 3.36. The molecule has 3 aliphatic rings. The van der Waals surface area contributed by atoms with Gasteiger partial charge in [0.05, 0.1) is 11.6 Å². The van der Waals surface area contributed by atoms with Crippen LogP contribution >= 0.6 is 11.6 Å². The number of benzene rings is 2. The summed E-state index contributed by atoms with van der Waals surface area (Å²) in [5, 5.41) is 0.147. The molecule has 5 rings (SSSR count). The normalized spacial score (nSPS) is 20.5. The highest BCUT2D eigenvalue weighted by Crippen LogP contribution is 2.29. The van der Waals surface area contributed by atoms with Crippen molar-refractivity contribution in [2.75, 3.05) is 39.3 Å². The van der Waals surface area contributed by atoms with E-state index in [4.69, 9.17) is 11.6 Å². The Bertz CT molecular complexity index is 983. The molecule has 2 aromatic rings. The molecule has 0 radical (unpaired) electrons. The summed E-state index contributed by atoms with van der Waals surface area (Å²) in [5.41, 5.74) is 4.55. The number of nitrogens with zero attached hydrogens (tertiary/aromatic N) is 3. The monoisotopic (exact) mass is 455 g/mol. The van der Waals surface area contributed by atoms with Crippen LogP contribution in [0.1, 0.15) is 36.8 Å². The standard InChI is InChI=1S/C26H31ClFN3O/c27-24-16-20(7-8-25(24)28)19-5-6-22-17-29(10-9-21(22)15-19)18-26(32)31-13-11-30(12-14-31)23-3-1-2-4-23/h5-8,15-16,23H,1-4,9-14,17-18H2. The quantitative estimate of drug-likeness (QED) is 0.674. The van der Waals surface area contributed by atoms with E-state index in [0.29, 0.717) is 6.54 Å². The molecule has 1 saturated heterocycles. The first-order valence-corrected chi connectivity index (χ1v) is 12.3. The van der Waals surface area contributed by atoms with E-state index >= 15 is 0 Å². The fourth-order valence-corrected chi connectivity index (χ4v) is 5.68. The molecule has 170 valence electrons. The SMILES string of the molecule is O=C(CN1CCc2cc(-c3ccc(F)c(Cl)c3)ccc2C1)N1CCN(C2CCCC2)CC1. The van der Waals surface area contributed by atoms with Gasteiger partial charge in [0.2, 0.25) is 5.91 Å². The zero-order valence-corrected chi connectivity index (χ0v) is 19.3. The summed E-state index contributed by atoms with van der Waals surface area (Å²) in [5.74, 6) is -0.134. The van der Waals surface area contributed by atoms with Crippen LogP contribution in [-0.2, 0) is 17.8 Å². The summed E-state index contributed by atoms with van der Waals surface area (Å²) in [6.07, 6.45) is 6.30. The van der Waals surface area contributed by atoms with Gasteiger partial charge in [0.15, 0.2) is 0 Å². The summed E-state index contributed by atoms with van der Waals surface area (Å²) < 4.78 is 13.5.